The molecule has 12 heteroatoms. The molecule has 3 aromatic carbocycles. The largest absolute Gasteiger partial charge is 0.493 e. The molecule has 4 amide bonds. The van der Waals surface area contributed by atoms with Crippen molar-refractivity contribution in [2.24, 2.45) is 0 Å². The van der Waals surface area contributed by atoms with Crippen LogP contribution in [0.1, 0.15) is 55.8 Å². The first-order valence-electron chi connectivity index (χ1n) is 14.0. The molecule has 3 aromatic rings. The number of hydrogen-bond donors (Lipinski definition) is 1. The van der Waals surface area contributed by atoms with Crippen LogP contribution in [0.15, 0.2) is 66.7 Å². The number of aryl methyl sites for hydroxylation is 1. The third-order valence-corrected chi connectivity index (χ3v) is 7.91. The van der Waals surface area contributed by atoms with E-state index in [1.54, 1.807) is 53.2 Å². The van der Waals surface area contributed by atoms with E-state index in [1.165, 1.54) is 18.2 Å². The van der Waals surface area contributed by atoms with Crippen LogP contribution in [0.3, 0.4) is 0 Å². The van der Waals surface area contributed by atoms with Gasteiger partial charge in [-0.25, -0.2) is 4.79 Å². The highest BCUT2D eigenvalue weighted by Gasteiger charge is 2.36. The maximum atomic E-state index is 13.6. The molecule has 1 atom stereocenters. The van der Waals surface area contributed by atoms with E-state index in [4.69, 9.17) is 4.74 Å². The van der Waals surface area contributed by atoms with E-state index in [0.717, 1.165) is 22.6 Å². The molecule has 1 fully saturated rings. The van der Waals surface area contributed by atoms with Crippen LogP contribution < -0.4 is 4.74 Å². The van der Waals surface area contributed by atoms with E-state index in [9.17, 15) is 37.5 Å². The van der Waals surface area contributed by atoms with Gasteiger partial charge in [-0.2, -0.15) is 13.2 Å². The van der Waals surface area contributed by atoms with Crippen molar-refractivity contribution in [3.05, 3.63) is 100 Å². The Hall–Kier alpha value is -4.87. The second-order valence-electron chi connectivity index (χ2n) is 10.8. The number of carbonyl (C=O) groups is 4. The quantitative estimate of drug-likeness (QED) is 0.316. The Morgan fingerprint density at radius 2 is 1.75 bits per heavy atom. The molecule has 1 N–H and O–H groups in total. The Bertz CT molecular complexity index is 1590. The van der Waals surface area contributed by atoms with E-state index in [2.05, 4.69) is 0 Å². The lowest BCUT2D eigenvalue weighted by Crippen LogP contribution is -2.32. The van der Waals surface area contributed by atoms with Gasteiger partial charge in [0.2, 0.25) is 0 Å². The number of alkyl halides is 3. The minimum Gasteiger partial charge on any atom is -0.493 e. The summed E-state index contributed by atoms with van der Waals surface area (Å²) in [5, 5.41) is 9.19. The van der Waals surface area contributed by atoms with E-state index < -0.39 is 29.5 Å². The molecular formula is C32H30F3N3O6. The van der Waals surface area contributed by atoms with Crippen LogP contribution in [0.5, 0.6) is 5.75 Å². The highest BCUT2D eigenvalue weighted by Crippen LogP contribution is 2.30. The van der Waals surface area contributed by atoms with Crippen LogP contribution in [0.2, 0.25) is 0 Å². The van der Waals surface area contributed by atoms with E-state index in [0.29, 0.717) is 35.4 Å². The number of carboxylic acids is 1. The molecule has 0 aliphatic carbocycles. The Kier molecular flexibility index (Phi) is 8.61. The molecule has 0 saturated carbocycles. The number of nitrogens with zero attached hydrogens (tertiary/aromatic N) is 3. The number of ether oxygens (including phenoxy) is 1. The fourth-order valence-corrected chi connectivity index (χ4v) is 5.45. The van der Waals surface area contributed by atoms with Crippen LogP contribution in [-0.2, 0) is 30.5 Å². The van der Waals surface area contributed by atoms with E-state index >= 15 is 0 Å². The number of benzene rings is 3. The molecule has 2 aliphatic rings. The minimum absolute atomic E-state index is 0.0927. The summed E-state index contributed by atoms with van der Waals surface area (Å²) < 4.78 is 44.6. The molecule has 230 valence electrons. The van der Waals surface area contributed by atoms with Crippen LogP contribution >= 0.6 is 0 Å². The molecular weight excluding hydrogens is 579 g/mol. The number of imide groups is 1. The van der Waals surface area contributed by atoms with Crippen molar-refractivity contribution in [1.82, 2.24) is 14.7 Å². The number of halogens is 3. The second-order valence-corrected chi connectivity index (χ2v) is 10.8. The molecule has 9 nitrogen and oxygen atoms in total. The molecule has 2 aliphatic heterocycles. The van der Waals surface area contributed by atoms with Crippen molar-refractivity contribution in [3.63, 3.8) is 0 Å². The summed E-state index contributed by atoms with van der Waals surface area (Å²) in [6.45, 7) is 0.825. The smallest absolute Gasteiger partial charge is 0.416 e. The summed E-state index contributed by atoms with van der Waals surface area (Å²) in [7, 11) is 1.65. The highest BCUT2D eigenvalue weighted by atomic mass is 19.4. The summed E-state index contributed by atoms with van der Waals surface area (Å²) in [5.74, 6) is -1.63. The third kappa shape index (κ3) is 6.53. The van der Waals surface area contributed by atoms with Gasteiger partial charge in [0.05, 0.1) is 24.8 Å². The topological polar surface area (TPSA) is 107 Å². The monoisotopic (exact) mass is 609 g/mol. The Balaban J connectivity index is 1.23. The maximum absolute atomic E-state index is 13.6. The molecule has 0 bridgehead atoms. The predicted octanol–water partition coefficient (Wildman–Crippen LogP) is 5.22. The van der Waals surface area contributed by atoms with Gasteiger partial charge in [-0.05, 0) is 53.4 Å². The fraction of sp³-hybridized carbons (Fsp3) is 0.312. The average molecular weight is 610 g/mol. The number of rotatable bonds is 10. The van der Waals surface area contributed by atoms with Gasteiger partial charge in [-0.1, -0.05) is 36.4 Å². The van der Waals surface area contributed by atoms with Gasteiger partial charge in [0.1, 0.15) is 5.75 Å². The number of carboxylic acid groups (broad SMARTS) is 1. The molecule has 2 heterocycles. The number of aliphatic carboxylic acids is 1. The first-order valence-corrected chi connectivity index (χ1v) is 14.0. The number of fused-ring (bicyclic) bond motifs is 1. The van der Waals surface area contributed by atoms with Crippen LogP contribution in [0, 0.1) is 0 Å². The van der Waals surface area contributed by atoms with Gasteiger partial charge in [-0.15, -0.1) is 0 Å². The van der Waals surface area contributed by atoms with Gasteiger partial charge >= 0.3 is 18.2 Å². The Labute approximate surface area is 251 Å². The second kappa shape index (κ2) is 12.4. The molecule has 1 unspecified atom stereocenters. The summed E-state index contributed by atoms with van der Waals surface area (Å²) >= 11 is 0. The molecule has 44 heavy (non-hydrogen) atoms. The van der Waals surface area contributed by atoms with Gasteiger partial charge in [0.25, 0.3) is 11.8 Å². The summed E-state index contributed by atoms with van der Waals surface area (Å²) in [5.41, 5.74) is 1.67. The van der Waals surface area contributed by atoms with Crippen molar-refractivity contribution in [2.75, 3.05) is 20.2 Å². The standard InChI is InChI=1S/C32H30F3N3O6/c1-36-24(19-37(31(36)43)17-20-6-10-23(11-7-20)32(33,34)35)14-15-44-25-12-8-21(9-13-28(39)40)27(16-25)30(42)38-18-22-4-2-3-5-26(22)29(38)41/h2-8,10-12,16,24H,9,13-15,17-19H2,1H3,(H,39,40). The van der Waals surface area contributed by atoms with E-state index in [1.807, 2.05) is 0 Å². The lowest BCUT2D eigenvalue weighted by molar-refractivity contribution is -0.138. The average Bonchev–Trinajstić information content (AvgIpc) is 3.47. The highest BCUT2D eigenvalue weighted by molar-refractivity contribution is 6.13. The van der Waals surface area contributed by atoms with E-state index in [-0.39, 0.29) is 50.2 Å². The number of hydrogen-bond acceptors (Lipinski definition) is 5. The molecule has 0 aromatic heterocycles. The first kappa shape index (κ1) is 30.6. The Morgan fingerprint density at radius 3 is 2.43 bits per heavy atom. The first-order chi connectivity index (χ1) is 20.9. The van der Waals surface area contributed by atoms with Gasteiger partial charge in [-0.3, -0.25) is 19.3 Å². The van der Waals surface area contributed by atoms with Crippen LogP contribution in [0.4, 0.5) is 18.0 Å². The summed E-state index contributed by atoms with van der Waals surface area (Å²) in [4.78, 5) is 54.8. The maximum Gasteiger partial charge on any atom is 0.416 e. The zero-order chi connectivity index (χ0) is 31.6. The van der Waals surface area contributed by atoms with Gasteiger partial charge in [0, 0.05) is 44.1 Å². The number of carbonyl (C=O) groups excluding carboxylic acids is 3. The third-order valence-electron chi connectivity index (χ3n) is 7.91. The SMILES string of the molecule is CN1C(=O)N(Cc2ccc(C(F)(F)F)cc2)CC1CCOc1ccc(CCC(=O)O)c(C(=O)N2Cc3ccccc3C2=O)c1. The molecule has 0 spiro atoms. The van der Waals surface area contributed by atoms with Crippen molar-refractivity contribution >= 4 is 23.8 Å². The molecule has 0 radical (unpaired) electrons. The van der Waals surface area contributed by atoms with Gasteiger partial charge < -0.3 is 19.6 Å². The zero-order valence-corrected chi connectivity index (χ0v) is 23.8. The summed E-state index contributed by atoms with van der Waals surface area (Å²) in [6, 6.07) is 16.0. The predicted molar refractivity (Wildman–Crippen MR) is 152 cm³/mol. The van der Waals surface area contributed by atoms with Gasteiger partial charge in [0.15, 0.2) is 0 Å². The summed E-state index contributed by atoms with van der Waals surface area (Å²) in [6.07, 6.45) is -4.09. The lowest BCUT2D eigenvalue weighted by Gasteiger charge is -2.19. The van der Waals surface area contributed by atoms with Crippen molar-refractivity contribution in [3.8, 4) is 5.75 Å². The number of urea groups is 1. The lowest BCUT2D eigenvalue weighted by atomic mass is 10.0. The Morgan fingerprint density at radius 1 is 1.02 bits per heavy atom. The van der Waals surface area contributed by atoms with Crippen LogP contribution in [0.25, 0.3) is 0 Å². The normalized spacial score (nSPS) is 16.5. The van der Waals surface area contributed by atoms with Crippen molar-refractivity contribution in [2.45, 2.75) is 44.6 Å². The molecule has 5 rings (SSSR count). The fourth-order valence-electron chi connectivity index (χ4n) is 5.45. The number of amides is 4. The number of likely N-dealkylation sites (N-methyl/N-ethyl adjacent to an activating group) is 1. The zero-order valence-electron chi connectivity index (χ0n) is 23.8. The minimum atomic E-state index is -4.43. The molecule has 1 saturated heterocycles. The van der Waals surface area contributed by atoms with Crippen molar-refractivity contribution in [1.29, 1.82) is 0 Å². The van der Waals surface area contributed by atoms with Crippen molar-refractivity contribution < 1.29 is 42.2 Å². The van der Waals surface area contributed by atoms with Crippen LogP contribution in [-0.4, -0.2) is 69.9 Å².